The minimum atomic E-state index is 0.0188. The SMILES string of the molecule is CC(C1CC1)N(C)c1cc(=O)n(C)c2cccnc12. The van der Waals surface area contributed by atoms with E-state index in [4.69, 9.17) is 0 Å². The third-order valence-electron chi connectivity index (χ3n) is 4.28. The van der Waals surface area contributed by atoms with Gasteiger partial charge in [0, 0.05) is 32.4 Å². The number of fused-ring (bicyclic) bond motifs is 1. The molecule has 0 aromatic carbocycles. The molecule has 4 nitrogen and oxygen atoms in total. The minimum Gasteiger partial charge on any atom is -0.370 e. The van der Waals surface area contributed by atoms with E-state index in [-0.39, 0.29) is 5.56 Å². The van der Waals surface area contributed by atoms with E-state index >= 15 is 0 Å². The van der Waals surface area contributed by atoms with Gasteiger partial charge in [-0.3, -0.25) is 9.78 Å². The van der Waals surface area contributed by atoms with Crippen molar-refractivity contribution in [2.24, 2.45) is 13.0 Å². The number of aromatic nitrogens is 2. The summed E-state index contributed by atoms with van der Waals surface area (Å²) in [5.41, 5.74) is 2.75. The van der Waals surface area contributed by atoms with Crippen molar-refractivity contribution in [3.8, 4) is 0 Å². The molecule has 0 spiro atoms. The Morgan fingerprint density at radius 3 is 2.89 bits per heavy atom. The van der Waals surface area contributed by atoms with Crippen molar-refractivity contribution >= 4 is 16.7 Å². The Balaban J connectivity index is 2.17. The van der Waals surface area contributed by atoms with E-state index < -0.39 is 0 Å². The van der Waals surface area contributed by atoms with Gasteiger partial charge in [0.15, 0.2) is 0 Å². The summed E-state index contributed by atoms with van der Waals surface area (Å²) in [5.74, 6) is 0.757. The first kappa shape index (κ1) is 12.2. The van der Waals surface area contributed by atoms with Gasteiger partial charge in [0.2, 0.25) is 0 Å². The van der Waals surface area contributed by atoms with Gasteiger partial charge in [-0.2, -0.15) is 0 Å². The number of anilines is 1. The van der Waals surface area contributed by atoms with Crippen LogP contribution in [0.25, 0.3) is 11.0 Å². The van der Waals surface area contributed by atoms with Crippen LogP contribution in [0.1, 0.15) is 19.8 Å². The molecule has 0 aliphatic heterocycles. The summed E-state index contributed by atoms with van der Waals surface area (Å²) in [6, 6.07) is 5.98. The zero-order valence-corrected chi connectivity index (χ0v) is 11.6. The molecule has 4 heteroatoms. The Labute approximate surface area is 112 Å². The molecule has 1 aliphatic rings. The van der Waals surface area contributed by atoms with Gasteiger partial charge in [-0.1, -0.05) is 0 Å². The number of pyridine rings is 2. The van der Waals surface area contributed by atoms with Crippen LogP contribution in [0.15, 0.2) is 29.2 Å². The second-order valence-electron chi connectivity index (χ2n) is 5.49. The molecule has 0 saturated heterocycles. The molecule has 0 N–H and O–H groups in total. The molecule has 1 fully saturated rings. The normalized spacial score (nSPS) is 16.6. The van der Waals surface area contributed by atoms with Crippen LogP contribution < -0.4 is 10.5 Å². The second kappa shape index (κ2) is 4.37. The fourth-order valence-electron chi connectivity index (χ4n) is 2.65. The highest BCUT2D eigenvalue weighted by molar-refractivity contribution is 5.88. The van der Waals surface area contributed by atoms with Crippen LogP contribution in [-0.4, -0.2) is 22.6 Å². The lowest BCUT2D eigenvalue weighted by Gasteiger charge is -2.28. The monoisotopic (exact) mass is 257 g/mol. The maximum absolute atomic E-state index is 12.1. The first-order chi connectivity index (χ1) is 9.09. The Bertz CT molecular complexity index is 673. The summed E-state index contributed by atoms with van der Waals surface area (Å²) in [5, 5.41) is 0. The van der Waals surface area contributed by atoms with Crippen LogP contribution in [0.3, 0.4) is 0 Å². The number of rotatable bonds is 3. The largest absolute Gasteiger partial charge is 0.370 e. The predicted octanol–water partition coefficient (Wildman–Crippen LogP) is 2.17. The van der Waals surface area contributed by atoms with Crippen LogP contribution in [0.5, 0.6) is 0 Å². The maximum Gasteiger partial charge on any atom is 0.252 e. The van der Waals surface area contributed by atoms with E-state index in [1.54, 1.807) is 23.9 Å². The van der Waals surface area contributed by atoms with Gasteiger partial charge in [0.1, 0.15) is 5.52 Å². The third kappa shape index (κ3) is 2.01. The summed E-state index contributed by atoms with van der Waals surface area (Å²) < 4.78 is 1.65. The molecule has 0 bridgehead atoms. The van der Waals surface area contributed by atoms with Crippen molar-refractivity contribution in [1.82, 2.24) is 9.55 Å². The number of hydrogen-bond donors (Lipinski definition) is 0. The highest BCUT2D eigenvalue weighted by atomic mass is 16.1. The Kier molecular flexibility index (Phi) is 2.81. The Hall–Kier alpha value is -1.84. The van der Waals surface area contributed by atoms with E-state index in [9.17, 15) is 4.79 Å². The van der Waals surface area contributed by atoms with E-state index in [0.717, 1.165) is 22.6 Å². The van der Waals surface area contributed by atoms with E-state index in [2.05, 4.69) is 23.9 Å². The lowest BCUT2D eigenvalue weighted by Crippen LogP contribution is -2.32. The van der Waals surface area contributed by atoms with E-state index in [0.29, 0.717) is 6.04 Å². The minimum absolute atomic E-state index is 0.0188. The molecule has 1 unspecified atom stereocenters. The molecule has 100 valence electrons. The molecule has 0 radical (unpaired) electrons. The highest BCUT2D eigenvalue weighted by Crippen LogP contribution is 2.37. The first-order valence-electron chi connectivity index (χ1n) is 6.77. The molecule has 3 rings (SSSR count). The Morgan fingerprint density at radius 1 is 1.47 bits per heavy atom. The summed E-state index contributed by atoms with van der Waals surface area (Å²) >= 11 is 0. The van der Waals surface area contributed by atoms with Crippen LogP contribution in [-0.2, 0) is 7.05 Å². The van der Waals surface area contributed by atoms with E-state index in [1.807, 2.05) is 12.1 Å². The zero-order valence-electron chi connectivity index (χ0n) is 11.6. The van der Waals surface area contributed by atoms with Crippen LogP contribution in [0.2, 0.25) is 0 Å². The van der Waals surface area contributed by atoms with Crippen molar-refractivity contribution in [1.29, 1.82) is 0 Å². The van der Waals surface area contributed by atoms with Crippen molar-refractivity contribution in [3.05, 3.63) is 34.7 Å². The van der Waals surface area contributed by atoms with Crippen LogP contribution in [0, 0.1) is 5.92 Å². The van der Waals surface area contributed by atoms with E-state index in [1.165, 1.54) is 12.8 Å². The summed E-state index contributed by atoms with van der Waals surface area (Å²) in [4.78, 5) is 18.7. The summed E-state index contributed by atoms with van der Waals surface area (Å²) in [7, 11) is 3.85. The Morgan fingerprint density at radius 2 is 2.21 bits per heavy atom. The van der Waals surface area contributed by atoms with Gasteiger partial charge in [-0.05, 0) is 37.8 Å². The van der Waals surface area contributed by atoms with Crippen LogP contribution >= 0.6 is 0 Å². The lowest BCUT2D eigenvalue weighted by atomic mass is 10.1. The lowest BCUT2D eigenvalue weighted by molar-refractivity contribution is 0.609. The average molecular weight is 257 g/mol. The fraction of sp³-hybridized carbons (Fsp3) is 0.467. The quantitative estimate of drug-likeness (QED) is 0.845. The van der Waals surface area contributed by atoms with Crippen molar-refractivity contribution in [2.45, 2.75) is 25.8 Å². The van der Waals surface area contributed by atoms with Gasteiger partial charge in [0.25, 0.3) is 5.56 Å². The van der Waals surface area contributed by atoms with Gasteiger partial charge in [-0.15, -0.1) is 0 Å². The van der Waals surface area contributed by atoms with Crippen molar-refractivity contribution in [2.75, 3.05) is 11.9 Å². The average Bonchev–Trinajstić information content (AvgIpc) is 3.26. The topological polar surface area (TPSA) is 38.1 Å². The molecule has 1 atom stereocenters. The zero-order chi connectivity index (χ0) is 13.6. The number of nitrogens with zero attached hydrogens (tertiary/aromatic N) is 3. The number of aryl methyl sites for hydroxylation is 1. The molecule has 1 saturated carbocycles. The molecule has 1 aliphatic carbocycles. The highest BCUT2D eigenvalue weighted by Gasteiger charge is 2.31. The molecule has 2 aromatic heterocycles. The molecular formula is C15H19N3O. The predicted molar refractivity (Wildman–Crippen MR) is 77.6 cm³/mol. The van der Waals surface area contributed by atoms with Gasteiger partial charge in [0.05, 0.1) is 11.2 Å². The van der Waals surface area contributed by atoms with Crippen LogP contribution in [0.4, 0.5) is 5.69 Å². The molecule has 0 amide bonds. The van der Waals surface area contributed by atoms with Crippen molar-refractivity contribution in [3.63, 3.8) is 0 Å². The van der Waals surface area contributed by atoms with Gasteiger partial charge < -0.3 is 9.47 Å². The van der Waals surface area contributed by atoms with Crippen molar-refractivity contribution < 1.29 is 0 Å². The molecule has 2 heterocycles. The third-order valence-corrected chi connectivity index (χ3v) is 4.28. The molecular weight excluding hydrogens is 238 g/mol. The molecule has 19 heavy (non-hydrogen) atoms. The fourth-order valence-corrected chi connectivity index (χ4v) is 2.65. The number of hydrogen-bond acceptors (Lipinski definition) is 3. The van der Waals surface area contributed by atoms with Gasteiger partial charge in [-0.25, -0.2) is 0 Å². The summed E-state index contributed by atoms with van der Waals surface area (Å²) in [6.07, 6.45) is 4.37. The smallest absolute Gasteiger partial charge is 0.252 e. The summed E-state index contributed by atoms with van der Waals surface area (Å²) in [6.45, 7) is 2.23. The standard InChI is InChI=1S/C15H19N3O/c1-10(11-6-7-11)17(2)13-9-14(19)18(3)12-5-4-8-16-15(12)13/h4-5,8-11H,6-7H2,1-3H3. The maximum atomic E-state index is 12.1. The van der Waals surface area contributed by atoms with Gasteiger partial charge >= 0.3 is 0 Å². The second-order valence-corrected chi connectivity index (χ2v) is 5.49. The molecule has 2 aromatic rings. The first-order valence-corrected chi connectivity index (χ1v) is 6.77.